The third kappa shape index (κ3) is 3.42. The normalized spacial score (nSPS) is 17.3. The molecule has 0 N–H and O–H groups in total. The molecule has 0 saturated heterocycles. The molecule has 0 fully saturated rings. The molecule has 2 heteroatoms. The molecule has 0 aromatic heterocycles. The van der Waals surface area contributed by atoms with E-state index in [4.69, 9.17) is 0 Å². The lowest BCUT2D eigenvalue weighted by molar-refractivity contribution is -0.430. The van der Waals surface area contributed by atoms with Gasteiger partial charge in [0.2, 0.25) is 6.34 Å². The SMILES string of the molecule is Cc1cc(C)c([N+]2=CN(c3ccccc3C(C)C)[C@@H](C(C)C)C2)c(C)c1. The van der Waals surface area contributed by atoms with Crippen LogP contribution in [0.3, 0.4) is 0 Å². The van der Waals surface area contributed by atoms with Crippen LogP contribution in [0.15, 0.2) is 36.4 Å². The van der Waals surface area contributed by atoms with E-state index in [0.717, 1.165) is 6.54 Å². The van der Waals surface area contributed by atoms with E-state index in [0.29, 0.717) is 17.9 Å². The Morgan fingerprint density at radius 3 is 2.15 bits per heavy atom. The van der Waals surface area contributed by atoms with Crippen molar-refractivity contribution in [2.75, 3.05) is 11.4 Å². The van der Waals surface area contributed by atoms with Gasteiger partial charge < -0.3 is 0 Å². The maximum Gasteiger partial charge on any atom is 0.245 e. The first-order chi connectivity index (χ1) is 12.3. The molecule has 0 bridgehead atoms. The number of para-hydroxylation sites is 1. The highest BCUT2D eigenvalue weighted by atomic mass is 15.3. The molecule has 0 aliphatic carbocycles. The van der Waals surface area contributed by atoms with Crippen LogP contribution in [0.25, 0.3) is 0 Å². The van der Waals surface area contributed by atoms with Gasteiger partial charge in [-0.25, -0.2) is 9.48 Å². The summed E-state index contributed by atoms with van der Waals surface area (Å²) < 4.78 is 2.46. The van der Waals surface area contributed by atoms with Crippen LogP contribution < -0.4 is 4.90 Å². The Labute approximate surface area is 159 Å². The first-order valence-corrected chi connectivity index (χ1v) is 9.86. The van der Waals surface area contributed by atoms with Gasteiger partial charge in [0.25, 0.3) is 0 Å². The minimum atomic E-state index is 0.481. The van der Waals surface area contributed by atoms with Crippen LogP contribution in [-0.4, -0.2) is 23.5 Å². The van der Waals surface area contributed by atoms with Crippen molar-refractivity contribution in [1.29, 1.82) is 0 Å². The number of nitrogens with zero attached hydrogens (tertiary/aromatic N) is 2. The van der Waals surface area contributed by atoms with Crippen LogP contribution >= 0.6 is 0 Å². The number of anilines is 1. The summed E-state index contributed by atoms with van der Waals surface area (Å²) in [5.74, 6) is 1.10. The molecule has 2 aromatic carbocycles. The van der Waals surface area contributed by atoms with Crippen molar-refractivity contribution >= 4 is 17.7 Å². The first kappa shape index (κ1) is 18.7. The molecule has 3 rings (SSSR count). The highest BCUT2D eigenvalue weighted by molar-refractivity contribution is 5.81. The van der Waals surface area contributed by atoms with Crippen LogP contribution in [-0.2, 0) is 0 Å². The molecule has 1 aliphatic heterocycles. The summed E-state index contributed by atoms with van der Waals surface area (Å²) in [5.41, 5.74) is 8.20. The molecule has 138 valence electrons. The van der Waals surface area contributed by atoms with E-state index in [1.54, 1.807) is 0 Å². The summed E-state index contributed by atoms with van der Waals surface area (Å²) in [6.45, 7) is 16.9. The number of aryl methyl sites for hydroxylation is 3. The highest BCUT2D eigenvalue weighted by Gasteiger charge is 2.38. The Hall–Kier alpha value is -2.09. The van der Waals surface area contributed by atoms with E-state index in [9.17, 15) is 0 Å². The molecule has 0 unspecified atom stereocenters. The maximum atomic E-state index is 2.51. The van der Waals surface area contributed by atoms with Crippen LogP contribution in [0.4, 0.5) is 11.4 Å². The van der Waals surface area contributed by atoms with Crippen LogP contribution in [0, 0.1) is 26.7 Å². The van der Waals surface area contributed by atoms with E-state index in [2.05, 4.69) is 101 Å². The second-order valence-electron chi connectivity index (χ2n) is 8.45. The first-order valence-electron chi connectivity index (χ1n) is 9.86. The van der Waals surface area contributed by atoms with E-state index in [1.165, 1.54) is 33.6 Å². The van der Waals surface area contributed by atoms with Gasteiger partial charge in [-0.3, -0.25) is 0 Å². The van der Waals surface area contributed by atoms with Crippen LogP contribution in [0.2, 0.25) is 0 Å². The Balaban J connectivity index is 2.11. The zero-order chi connectivity index (χ0) is 19.0. The Morgan fingerprint density at radius 1 is 0.962 bits per heavy atom. The van der Waals surface area contributed by atoms with Gasteiger partial charge in [-0.05, 0) is 49.8 Å². The average molecular weight is 350 g/mol. The largest absolute Gasteiger partial charge is 0.245 e. The minimum Gasteiger partial charge on any atom is -0.229 e. The monoisotopic (exact) mass is 349 g/mol. The fraction of sp³-hybridized carbons (Fsp3) is 0.458. The smallest absolute Gasteiger partial charge is 0.229 e. The predicted octanol–water partition coefficient (Wildman–Crippen LogP) is 5.95. The van der Waals surface area contributed by atoms with Gasteiger partial charge in [-0.15, -0.1) is 0 Å². The highest BCUT2D eigenvalue weighted by Crippen LogP contribution is 2.34. The van der Waals surface area contributed by atoms with Crippen molar-refractivity contribution in [2.45, 2.75) is 60.4 Å². The minimum absolute atomic E-state index is 0.481. The summed E-state index contributed by atoms with van der Waals surface area (Å²) in [4.78, 5) is 2.51. The Bertz CT molecular complexity index is 807. The van der Waals surface area contributed by atoms with Crippen molar-refractivity contribution in [3.05, 3.63) is 58.7 Å². The van der Waals surface area contributed by atoms with Gasteiger partial charge in [0.15, 0.2) is 0 Å². The van der Waals surface area contributed by atoms with Crippen molar-refractivity contribution in [3.63, 3.8) is 0 Å². The van der Waals surface area contributed by atoms with Crippen molar-refractivity contribution in [1.82, 2.24) is 0 Å². The van der Waals surface area contributed by atoms with Crippen molar-refractivity contribution in [3.8, 4) is 0 Å². The second-order valence-corrected chi connectivity index (χ2v) is 8.45. The third-order valence-electron chi connectivity index (χ3n) is 5.53. The zero-order valence-electron chi connectivity index (χ0n) is 17.4. The van der Waals surface area contributed by atoms with Crippen molar-refractivity contribution in [2.24, 2.45) is 5.92 Å². The topological polar surface area (TPSA) is 6.25 Å². The van der Waals surface area contributed by atoms with E-state index >= 15 is 0 Å². The molecule has 1 atom stereocenters. The molecule has 2 nitrogen and oxygen atoms in total. The molecule has 0 saturated carbocycles. The van der Waals surface area contributed by atoms with Gasteiger partial charge in [-0.1, -0.05) is 63.6 Å². The van der Waals surface area contributed by atoms with Gasteiger partial charge >= 0.3 is 0 Å². The molecule has 0 amide bonds. The zero-order valence-corrected chi connectivity index (χ0v) is 17.4. The standard InChI is InChI=1S/C24H33N2/c1-16(2)21-10-8-9-11-22(21)26-15-25(14-23(26)17(3)4)24-19(6)12-18(5)13-20(24)7/h8-13,15-17,23H,14H2,1-7H3/q+1/t23-/m1/s1. The maximum absolute atomic E-state index is 2.51. The Morgan fingerprint density at radius 2 is 1.58 bits per heavy atom. The number of hydrogen-bond acceptors (Lipinski definition) is 1. The third-order valence-corrected chi connectivity index (χ3v) is 5.53. The van der Waals surface area contributed by atoms with Crippen LogP contribution in [0.1, 0.15) is 55.9 Å². The van der Waals surface area contributed by atoms with E-state index < -0.39 is 0 Å². The van der Waals surface area contributed by atoms with Gasteiger partial charge in [0.1, 0.15) is 24.0 Å². The number of rotatable bonds is 4. The molecule has 2 aromatic rings. The molecule has 0 radical (unpaired) electrons. The molecular formula is C24H33N2+. The lowest BCUT2D eigenvalue weighted by Crippen LogP contribution is -2.36. The average Bonchev–Trinajstić information content (AvgIpc) is 2.98. The molecule has 1 aliphatic rings. The molecular weight excluding hydrogens is 316 g/mol. The fourth-order valence-electron chi connectivity index (χ4n) is 4.33. The summed E-state index contributed by atoms with van der Waals surface area (Å²) in [6, 6.07) is 13.9. The Kier molecular flexibility index (Phi) is 5.22. The van der Waals surface area contributed by atoms with Crippen LogP contribution in [0.5, 0.6) is 0 Å². The lowest BCUT2D eigenvalue weighted by Gasteiger charge is -2.23. The van der Waals surface area contributed by atoms with Gasteiger partial charge in [0, 0.05) is 5.56 Å². The summed E-state index contributed by atoms with van der Waals surface area (Å²) >= 11 is 0. The summed E-state index contributed by atoms with van der Waals surface area (Å²) in [6.07, 6.45) is 2.34. The van der Waals surface area contributed by atoms with E-state index in [1.807, 2.05) is 0 Å². The summed E-state index contributed by atoms with van der Waals surface area (Å²) in [5, 5.41) is 0. The van der Waals surface area contributed by atoms with E-state index in [-0.39, 0.29) is 0 Å². The quantitative estimate of drug-likeness (QED) is 0.618. The van der Waals surface area contributed by atoms with Gasteiger partial charge in [0.05, 0.1) is 0 Å². The second kappa shape index (κ2) is 7.26. The fourth-order valence-corrected chi connectivity index (χ4v) is 4.33. The number of hydrogen-bond donors (Lipinski definition) is 0. The number of benzene rings is 2. The molecule has 0 spiro atoms. The van der Waals surface area contributed by atoms with Crippen molar-refractivity contribution < 1.29 is 4.58 Å². The summed E-state index contributed by atoms with van der Waals surface area (Å²) in [7, 11) is 0. The lowest BCUT2D eigenvalue weighted by atomic mass is 9.97. The van der Waals surface area contributed by atoms with Gasteiger partial charge in [-0.2, -0.15) is 0 Å². The predicted molar refractivity (Wildman–Crippen MR) is 113 cm³/mol. The molecule has 1 heterocycles. The molecule has 26 heavy (non-hydrogen) atoms.